The predicted octanol–water partition coefficient (Wildman–Crippen LogP) is 2.15. The summed E-state index contributed by atoms with van der Waals surface area (Å²) in [5.41, 5.74) is 4.48. The molecule has 1 aliphatic rings. The van der Waals surface area contributed by atoms with Gasteiger partial charge in [0.2, 0.25) is 0 Å². The van der Waals surface area contributed by atoms with Crippen molar-refractivity contribution in [3.63, 3.8) is 0 Å². The minimum absolute atomic E-state index is 0.443. The van der Waals surface area contributed by atoms with Crippen molar-refractivity contribution in [1.29, 1.82) is 0 Å². The van der Waals surface area contributed by atoms with Gasteiger partial charge in [0.25, 0.3) is 5.91 Å². The second-order valence-corrected chi connectivity index (χ2v) is 5.15. The summed E-state index contributed by atoms with van der Waals surface area (Å²) in [6.07, 6.45) is 4.03. The van der Waals surface area contributed by atoms with Gasteiger partial charge in [-0.05, 0) is 42.2 Å². The van der Waals surface area contributed by atoms with E-state index in [4.69, 9.17) is 5.21 Å². The molecule has 0 unspecified atom stereocenters. The summed E-state index contributed by atoms with van der Waals surface area (Å²) in [7, 11) is 0. The first-order chi connectivity index (χ1) is 10.3. The van der Waals surface area contributed by atoms with E-state index in [9.17, 15) is 4.79 Å². The van der Waals surface area contributed by atoms with E-state index >= 15 is 0 Å². The van der Waals surface area contributed by atoms with Crippen LogP contribution in [-0.4, -0.2) is 22.6 Å². The molecule has 2 N–H and O–H groups in total. The van der Waals surface area contributed by atoms with Crippen molar-refractivity contribution in [2.75, 3.05) is 11.4 Å². The number of nitrogens with one attached hydrogen (secondary N) is 1. The fourth-order valence-electron chi connectivity index (χ4n) is 2.68. The maximum absolute atomic E-state index is 11.3. The van der Waals surface area contributed by atoms with Gasteiger partial charge in [0.05, 0.1) is 0 Å². The average Bonchev–Trinajstić information content (AvgIpc) is 2.55. The highest BCUT2D eigenvalue weighted by Gasteiger charge is 2.17. The molecular formula is C16H17N3O2. The van der Waals surface area contributed by atoms with Crippen molar-refractivity contribution in [2.45, 2.75) is 19.4 Å². The van der Waals surface area contributed by atoms with Crippen LogP contribution in [0.25, 0.3) is 0 Å². The van der Waals surface area contributed by atoms with Crippen molar-refractivity contribution in [3.05, 3.63) is 59.3 Å². The molecule has 0 atom stereocenters. The fraction of sp³-hybridized carbons (Fsp3) is 0.250. The molecule has 5 heteroatoms. The van der Waals surface area contributed by atoms with Gasteiger partial charge in [0, 0.05) is 24.8 Å². The van der Waals surface area contributed by atoms with Crippen molar-refractivity contribution >= 4 is 11.7 Å². The third-order valence-corrected chi connectivity index (χ3v) is 3.73. The predicted molar refractivity (Wildman–Crippen MR) is 79.3 cm³/mol. The number of aryl methyl sites for hydroxylation is 1. The molecule has 1 aromatic carbocycles. The molecule has 0 saturated carbocycles. The van der Waals surface area contributed by atoms with Crippen LogP contribution in [0.4, 0.5) is 5.82 Å². The van der Waals surface area contributed by atoms with Crippen molar-refractivity contribution in [2.24, 2.45) is 0 Å². The molecule has 3 rings (SSSR count). The van der Waals surface area contributed by atoms with Gasteiger partial charge in [-0.25, -0.2) is 10.5 Å². The summed E-state index contributed by atoms with van der Waals surface area (Å²) in [4.78, 5) is 18.0. The highest BCUT2D eigenvalue weighted by Crippen LogP contribution is 2.25. The lowest BCUT2D eigenvalue weighted by atomic mass is 10.0. The molecule has 0 aliphatic carbocycles. The first-order valence-electron chi connectivity index (χ1n) is 7.00. The molecular weight excluding hydrogens is 266 g/mol. The number of hydroxylamine groups is 1. The summed E-state index contributed by atoms with van der Waals surface area (Å²) in [6, 6.07) is 11.3. The van der Waals surface area contributed by atoms with Gasteiger partial charge in [-0.3, -0.25) is 10.0 Å². The molecule has 0 radical (unpaired) electrons. The number of nitrogens with zero attached hydrogens (tertiary/aromatic N) is 2. The van der Waals surface area contributed by atoms with Crippen molar-refractivity contribution in [3.8, 4) is 0 Å². The Labute approximate surface area is 123 Å². The van der Waals surface area contributed by atoms with Gasteiger partial charge in [-0.1, -0.05) is 18.2 Å². The summed E-state index contributed by atoms with van der Waals surface area (Å²) < 4.78 is 0. The highest BCUT2D eigenvalue weighted by atomic mass is 16.5. The van der Waals surface area contributed by atoms with Crippen LogP contribution in [0.3, 0.4) is 0 Å². The summed E-state index contributed by atoms with van der Waals surface area (Å²) in [6.45, 7) is 1.76. The Bertz CT molecular complexity index is 640. The summed E-state index contributed by atoms with van der Waals surface area (Å²) in [5.74, 6) is 0.562. The van der Waals surface area contributed by atoms with E-state index < -0.39 is 5.91 Å². The Hall–Kier alpha value is -2.40. The number of rotatable bonds is 3. The lowest BCUT2D eigenvalue weighted by molar-refractivity contribution is 0.0706. The highest BCUT2D eigenvalue weighted by molar-refractivity contribution is 5.93. The van der Waals surface area contributed by atoms with E-state index in [1.165, 1.54) is 5.56 Å². The number of aromatic nitrogens is 1. The van der Waals surface area contributed by atoms with Gasteiger partial charge >= 0.3 is 0 Å². The minimum Gasteiger partial charge on any atom is -0.352 e. The second-order valence-electron chi connectivity index (χ2n) is 5.15. The monoisotopic (exact) mass is 283 g/mol. The number of pyridine rings is 1. The molecule has 1 amide bonds. The molecule has 0 fully saturated rings. The van der Waals surface area contributed by atoms with Gasteiger partial charge < -0.3 is 4.90 Å². The molecule has 1 aromatic heterocycles. The van der Waals surface area contributed by atoms with Crippen molar-refractivity contribution < 1.29 is 10.0 Å². The summed E-state index contributed by atoms with van der Waals surface area (Å²) >= 11 is 0. The second kappa shape index (κ2) is 5.93. The smallest absolute Gasteiger partial charge is 0.274 e. The zero-order chi connectivity index (χ0) is 14.7. The van der Waals surface area contributed by atoms with Crippen LogP contribution < -0.4 is 10.4 Å². The van der Waals surface area contributed by atoms with Crippen molar-refractivity contribution in [1.82, 2.24) is 10.5 Å². The third kappa shape index (κ3) is 2.87. The Morgan fingerprint density at radius 3 is 2.86 bits per heavy atom. The lowest BCUT2D eigenvalue weighted by Crippen LogP contribution is -2.29. The van der Waals surface area contributed by atoms with Crippen LogP contribution in [-0.2, 0) is 13.0 Å². The summed E-state index contributed by atoms with van der Waals surface area (Å²) in [5, 5.41) is 8.61. The maximum Gasteiger partial charge on any atom is 0.274 e. The topological polar surface area (TPSA) is 65.5 Å². The quantitative estimate of drug-likeness (QED) is 0.669. The van der Waals surface area contributed by atoms with Crippen LogP contribution in [0, 0.1) is 0 Å². The Morgan fingerprint density at radius 1 is 1.29 bits per heavy atom. The first kappa shape index (κ1) is 13.6. The molecule has 21 heavy (non-hydrogen) atoms. The molecule has 0 saturated heterocycles. The lowest BCUT2D eigenvalue weighted by Gasteiger charge is -2.30. The van der Waals surface area contributed by atoms with Crippen LogP contribution >= 0.6 is 0 Å². The largest absolute Gasteiger partial charge is 0.352 e. The van der Waals surface area contributed by atoms with Gasteiger partial charge in [-0.15, -0.1) is 0 Å². The Balaban J connectivity index is 1.77. The number of carbonyl (C=O) groups excluding carboxylic acids is 1. The van der Waals surface area contributed by atoms with E-state index in [0.717, 1.165) is 37.3 Å². The van der Waals surface area contributed by atoms with E-state index in [1.54, 1.807) is 17.6 Å². The van der Waals surface area contributed by atoms with E-state index in [1.807, 2.05) is 24.4 Å². The zero-order valence-electron chi connectivity index (χ0n) is 11.6. The molecule has 5 nitrogen and oxygen atoms in total. The van der Waals surface area contributed by atoms with E-state index in [-0.39, 0.29) is 0 Å². The molecule has 0 spiro atoms. The average molecular weight is 283 g/mol. The number of amides is 1. The Kier molecular flexibility index (Phi) is 3.83. The van der Waals surface area contributed by atoms with Gasteiger partial charge in [0.15, 0.2) is 0 Å². The number of hydrogen-bond donors (Lipinski definition) is 2. The minimum atomic E-state index is -0.494. The van der Waals surface area contributed by atoms with Gasteiger partial charge in [0.1, 0.15) is 5.82 Å². The molecule has 0 bridgehead atoms. The van der Waals surface area contributed by atoms with Crippen LogP contribution in [0.2, 0.25) is 0 Å². The van der Waals surface area contributed by atoms with Crippen LogP contribution in [0.5, 0.6) is 0 Å². The normalized spacial score (nSPS) is 13.7. The fourth-order valence-corrected chi connectivity index (χ4v) is 2.68. The SMILES string of the molecule is O=C(NO)c1ccc(CN2CCCc3cccnc32)cc1. The first-order valence-corrected chi connectivity index (χ1v) is 7.00. The molecule has 1 aliphatic heterocycles. The number of carbonyl (C=O) groups is 1. The molecule has 2 aromatic rings. The number of benzene rings is 1. The van der Waals surface area contributed by atoms with Crippen LogP contribution in [0.15, 0.2) is 42.6 Å². The van der Waals surface area contributed by atoms with Crippen LogP contribution in [0.1, 0.15) is 27.9 Å². The zero-order valence-corrected chi connectivity index (χ0v) is 11.6. The van der Waals surface area contributed by atoms with E-state index in [0.29, 0.717) is 5.56 Å². The number of hydrogen-bond acceptors (Lipinski definition) is 4. The molecule has 2 heterocycles. The number of anilines is 1. The maximum atomic E-state index is 11.3. The number of fused-ring (bicyclic) bond motifs is 1. The third-order valence-electron chi connectivity index (χ3n) is 3.73. The molecule has 108 valence electrons. The van der Waals surface area contributed by atoms with Gasteiger partial charge in [-0.2, -0.15) is 0 Å². The standard InChI is InChI=1S/C16H17N3O2/c20-16(18-21)14-7-5-12(6-8-14)11-19-10-2-4-13-3-1-9-17-15(13)19/h1,3,5-9,21H,2,4,10-11H2,(H,18,20). The Morgan fingerprint density at radius 2 is 2.10 bits per heavy atom. The van der Waals surface area contributed by atoms with E-state index in [2.05, 4.69) is 16.0 Å².